The minimum atomic E-state index is -0.204. The van der Waals surface area contributed by atoms with E-state index in [1.807, 2.05) is 31.3 Å². The van der Waals surface area contributed by atoms with E-state index >= 15 is 0 Å². The zero-order chi connectivity index (χ0) is 18.0. The molecule has 1 amide bonds. The molecule has 0 spiro atoms. The molecule has 2 aromatic rings. The highest BCUT2D eigenvalue weighted by Gasteiger charge is 2.26. The Morgan fingerprint density at radius 2 is 1.85 bits per heavy atom. The van der Waals surface area contributed by atoms with Crippen LogP contribution in [0, 0.1) is 0 Å². The number of hydrogen-bond donors (Lipinski definition) is 2. The third-order valence-electron chi connectivity index (χ3n) is 4.91. The van der Waals surface area contributed by atoms with Gasteiger partial charge in [0.25, 0.3) is 5.91 Å². The summed E-state index contributed by atoms with van der Waals surface area (Å²) in [6.45, 7) is 5.64. The van der Waals surface area contributed by atoms with Crippen LogP contribution in [0.2, 0.25) is 0 Å². The van der Waals surface area contributed by atoms with Gasteiger partial charge in [-0.1, -0.05) is 26.0 Å². The Bertz CT molecular complexity index is 734. The highest BCUT2D eigenvalue weighted by atomic mass is 35.5. The first-order valence-corrected chi connectivity index (χ1v) is 8.85. The molecule has 0 saturated carbocycles. The van der Waals surface area contributed by atoms with Gasteiger partial charge < -0.3 is 15.3 Å². The summed E-state index contributed by atoms with van der Waals surface area (Å²) < 4.78 is 1.56. The molecule has 1 aliphatic heterocycles. The van der Waals surface area contributed by atoms with Crippen molar-refractivity contribution >= 4 is 18.3 Å². The van der Waals surface area contributed by atoms with Gasteiger partial charge in [0.05, 0.1) is 11.9 Å². The number of carbonyl (C=O) groups excluding carboxylic acids is 1. The molecule has 26 heavy (non-hydrogen) atoms. The Balaban J connectivity index is 0.00000243. The Kier molecular flexibility index (Phi) is 6.67. The molecule has 1 aromatic heterocycles. The van der Waals surface area contributed by atoms with E-state index in [9.17, 15) is 9.90 Å². The normalized spacial score (nSPS) is 15.2. The number of rotatable bonds is 4. The van der Waals surface area contributed by atoms with Crippen molar-refractivity contribution in [2.75, 3.05) is 20.1 Å². The lowest BCUT2D eigenvalue weighted by atomic mass is 10.0. The average Bonchev–Trinajstić information content (AvgIpc) is 3.03. The van der Waals surface area contributed by atoms with Crippen molar-refractivity contribution in [3.05, 3.63) is 41.7 Å². The number of benzene rings is 1. The molecule has 0 radical (unpaired) electrons. The van der Waals surface area contributed by atoms with Crippen LogP contribution in [-0.2, 0) is 0 Å². The minimum absolute atomic E-state index is 0. The molecule has 0 bridgehead atoms. The summed E-state index contributed by atoms with van der Waals surface area (Å²) in [7, 11) is 1.94. The standard InChI is InChI=1S/C19H26N4O2.ClH/c1-13(2)14-4-6-16(7-5-14)23-12-17(24)18(21-23)19(25)22-10-8-15(20-3)9-11-22;/h4-7,12-13,15,20,24H,8-11H2,1-3H3;1H. The number of nitrogens with one attached hydrogen (secondary N) is 1. The second-order valence-corrected chi connectivity index (χ2v) is 6.91. The van der Waals surface area contributed by atoms with Crippen molar-refractivity contribution in [1.29, 1.82) is 0 Å². The Morgan fingerprint density at radius 1 is 1.23 bits per heavy atom. The smallest absolute Gasteiger partial charge is 0.278 e. The summed E-state index contributed by atoms with van der Waals surface area (Å²) in [6, 6.07) is 8.45. The fourth-order valence-electron chi connectivity index (χ4n) is 3.18. The Morgan fingerprint density at radius 3 is 2.38 bits per heavy atom. The van der Waals surface area contributed by atoms with Crippen molar-refractivity contribution in [2.24, 2.45) is 0 Å². The molecular weight excluding hydrogens is 352 g/mol. The van der Waals surface area contributed by atoms with Gasteiger partial charge in [-0.05, 0) is 43.5 Å². The SMILES string of the molecule is CNC1CCN(C(=O)c2nn(-c3ccc(C(C)C)cc3)cc2O)CC1.Cl. The van der Waals surface area contributed by atoms with Crippen molar-refractivity contribution in [3.8, 4) is 11.4 Å². The molecule has 2 heterocycles. The van der Waals surface area contributed by atoms with Crippen LogP contribution in [0.15, 0.2) is 30.5 Å². The predicted octanol–water partition coefficient (Wildman–Crippen LogP) is 2.95. The molecular formula is C19H27ClN4O2. The largest absolute Gasteiger partial charge is 0.504 e. The van der Waals surface area contributed by atoms with Gasteiger partial charge in [0.15, 0.2) is 11.4 Å². The van der Waals surface area contributed by atoms with Crippen LogP contribution in [-0.4, -0.2) is 51.9 Å². The number of likely N-dealkylation sites (tertiary alicyclic amines) is 1. The fraction of sp³-hybridized carbons (Fsp3) is 0.474. The average molecular weight is 379 g/mol. The molecule has 7 heteroatoms. The van der Waals surface area contributed by atoms with E-state index in [0.29, 0.717) is 25.0 Å². The quantitative estimate of drug-likeness (QED) is 0.858. The topological polar surface area (TPSA) is 70.4 Å². The fourth-order valence-corrected chi connectivity index (χ4v) is 3.18. The lowest BCUT2D eigenvalue weighted by molar-refractivity contribution is 0.0698. The maximum atomic E-state index is 12.7. The summed E-state index contributed by atoms with van der Waals surface area (Å²) in [5, 5.41) is 17.8. The van der Waals surface area contributed by atoms with Crippen molar-refractivity contribution in [3.63, 3.8) is 0 Å². The van der Waals surface area contributed by atoms with E-state index in [1.54, 1.807) is 9.58 Å². The highest BCUT2D eigenvalue weighted by molar-refractivity contribution is 5.94. The van der Waals surface area contributed by atoms with E-state index in [4.69, 9.17) is 0 Å². The van der Waals surface area contributed by atoms with Crippen molar-refractivity contribution in [1.82, 2.24) is 20.0 Å². The maximum Gasteiger partial charge on any atom is 0.278 e. The number of amides is 1. The molecule has 3 rings (SSSR count). The van der Waals surface area contributed by atoms with Crippen LogP contribution >= 0.6 is 12.4 Å². The third kappa shape index (κ3) is 4.19. The van der Waals surface area contributed by atoms with Crippen LogP contribution in [0.1, 0.15) is 48.7 Å². The van der Waals surface area contributed by atoms with Crippen LogP contribution in [0.4, 0.5) is 0 Å². The zero-order valence-corrected chi connectivity index (χ0v) is 16.3. The Hall–Kier alpha value is -2.05. The van der Waals surface area contributed by atoms with Gasteiger partial charge in [-0.3, -0.25) is 4.79 Å². The van der Waals surface area contributed by atoms with Crippen LogP contribution < -0.4 is 5.32 Å². The van der Waals surface area contributed by atoms with E-state index < -0.39 is 0 Å². The van der Waals surface area contributed by atoms with Crippen molar-refractivity contribution in [2.45, 2.75) is 38.6 Å². The van der Waals surface area contributed by atoms with Gasteiger partial charge in [0, 0.05) is 19.1 Å². The molecule has 1 fully saturated rings. The number of nitrogens with zero attached hydrogens (tertiary/aromatic N) is 3. The van der Waals surface area contributed by atoms with Gasteiger partial charge >= 0.3 is 0 Å². The number of carbonyl (C=O) groups is 1. The summed E-state index contributed by atoms with van der Waals surface area (Å²) >= 11 is 0. The molecule has 6 nitrogen and oxygen atoms in total. The number of hydrogen-bond acceptors (Lipinski definition) is 4. The molecule has 0 aliphatic carbocycles. The highest BCUT2D eigenvalue weighted by Crippen LogP contribution is 2.23. The lowest BCUT2D eigenvalue weighted by Gasteiger charge is -2.31. The van der Waals surface area contributed by atoms with Crippen LogP contribution in [0.25, 0.3) is 5.69 Å². The van der Waals surface area contributed by atoms with E-state index in [-0.39, 0.29) is 29.8 Å². The minimum Gasteiger partial charge on any atom is -0.504 e. The first-order valence-electron chi connectivity index (χ1n) is 8.85. The van der Waals surface area contributed by atoms with Crippen LogP contribution in [0.3, 0.4) is 0 Å². The first-order chi connectivity index (χ1) is 12.0. The summed E-state index contributed by atoms with van der Waals surface area (Å²) in [6.07, 6.45) is 3.33. The molecule has 0 unspecified atom stereocenters. The molecule has 1 aliphatic rings. The van der Waals surface area contributed by atoms with Gasteiger partial charge in [0.2, 0.25) is 0 Å². The zero-order valence-electron chi connectivity index (χ0n) is 15.5. The predicted molar refractivity (Wildman–Crippen MR) is 105 cm³/mol. The van der Waals surface area contributed by atoms with Crippen molar-refractivity contribution < 1.29 is 9.90 Å². The molecule has 142 valence electrons. The van der Waals surface area contributed by atoms with Gasteiger partial charge in [-0.25, -0.2) is 4.68 Å². The summed E-state index contributed by atoms with van der Waals surface area (Å²) in [5.74, 6) is 0.177. The number of aromatic nitrogens is 2. The second-order valence-electron chi connectivity index (χ2n) is 6.91. The van der Waals surface area contributed by atoms with Crippen LogP contribution in [0.5, 0.6) is 5.75 Å². The second kappa shape index (κ2) is 8.56. The maximum absolute atomic E-state index is 12.7. The lowest BCUT2D eigenvalue weighted by Crippen LogP contribution is -2.44. The molecule has 1 aromatic carbocycles. The van der Waals surface area contributed by atoms with Gasteiger partial charge in [-0.15, -0.1) is 12.4 Å². The number of halogens is 1. The number of piperidine rings is 1. The van der Waals surface area contributed by atoms with E-state index in [0.717, 1.165) is 18.5 Å². The molecule has 0 atom stereocenters. The monoisotopic (exact) mass is 378 g/mol. The third-order valence-corrected chi connectivity index (χ3v) is 4.91. The first kappa shape index (κ1) is 20.3. The molecule has 1 saturated heterocycles. The van der Waals surface area contributed by atoms with E-state index in [2.05, 4.69) is 24.3 Å². The van der Waals surface area contributed by atoms with Gasteiger partial charge in [-0.2, -0.15) is 5.10 Å². The molecule has 2 N–H and O–H groups in total. The summed E-state index contributed by atoms with van der Waals surface area (Å²) in [5.41, 5.74) is 2.19. The Labute approximate surface area is 160 Å². The number of aromatic hydroxyl groups is 1. The van der Waals surface area contributed by atoms with Gasteiger partial charge in [0.1, 0.15) is 0 Å². The summed E-state index contributed by atoms with van der Waals surface area (Å²) in [4.78, 5) is 14.4. The van der Waals surface area contributed by atoms with E-state index in [1.165, 1.54) is 11.8 Å².